The Morgan fingerprint density at radius 3 is 2.55 bits per heavy atom. The SMILES string of the molecule is O=C(C[C@@H]1C=CCC1)NCc1ccc(C[NH+]2CCCC2)cc1. The highest BCUT2D eigenvalue weighted by Gasteiger charge is 2.15. The van der Waals surface area contributed by atoms with Gasteiger partial charge < -0.3 is 10.2 Å². The highest BCUT2D eigenvalue weighted by molar-refractivity contribution is 5.76. The van der Waals surface area contributed by atoms with E-state index in [4.69, 9.17) is 0 Å². The Hall–Kier alpha value is -1.61. The van der Waals surface area contributed by atoms with Gasteiger partial charge in [0.2, 0.25) is 5.91 Å². The van der Waals surface area contributed by atoms with Crippen molar-refractivity contribution in [2.45, 2.75) is 45.2 Å². The van der Waals surface area contributed by atoms with Crippen LogP contribution in [-0.4, -0.2) is 19.0 Å². The largest absolute Gasteiger partial charge is 0.352 e. The first-order valence-corrected chi connectivity index (χ1v) is 8.64. The second-order valence-corrected chi connectivity index (χ2v) is 6.70. The minimum atomic E-state index is 0.169. The lowest BCUT2D eigenvalue weighted by Gasteiger charge is -2.12. The maximum Gasteiger partial charge on any atom is 0.220 e. The van der Waals surface area contributed by atoms with E-state index in [-0.39, 0.29) is 5.91 Å². The number of likely N-dealkylation sites (tertiary alicyclic amines) is 1. The van der Waals surface area contributed by atoms with Crippen LogP contribution in [0.25, 0.3) is 0 Å². The van der Waals surface area contributed by atoms with Gasteiger partial charge in [0.1, 0.15) is 6.54 Å². The number of hydrogen-bond acceptors (Lipinski definition) is 1. The van der Waals surface area contributed by atoms with Gasteiger partial charge in [0.25, 0.3) is 0 Å². The second kappa shape index (κ2) is 7.59. The summed E-state index contributed by atoms with van der Waals surface area (Å²) in [5, 5.41) is 3.04. The predicted molar refractivity (Wildman–Crippen MR) is 88.4 cm³/mol. The van der Waals surface area contributed by atoms with Gasteiger partial charge in [0, 0.05) is 31.4 Å². The third kappa shape index (κ3) is 4.44. The molecule has 0 bridgehead atoms. The molecule has 1 fully saturated rings. The number of allylic oxidation sites excluding steroid dienone is 2. The van der Waals surface area contributed by atoms with Gasteiger partial charge in [-0.1, -0.05) is 36.4 Å². The Kier molecular flexibility index (Phi) is 5.28. The van der Waals surface area contributed by atoms with Crippen LogP contribution in [0.2, 0.25) is 0 Å². The predicted octanol–water partition coefficient (Wildman–Crippen LogP) is 1.84. The zero-order chi connectivity index (χ0) is 15.2. The first-order chi connectivity index (χ1) is 10.8. The van der Waals surface area contributed by atoms with Gasteiger partial charge in [-0.2, -0.15) is 0 Å². The molecule has 118 valence electrons. The summed E-state index contributed by atoms with van der Waals surface area (Å²) in [5.74, 6) is 0.618. The molecular formula is C19H27N2O+. The molecule has 1 aliphatic carbocycles. The molecule has 0 unspecified atom stereocenters. The van der Waals surface area contributed by atoms with E-state index >= 15 is 0 Å². The third-order valence-electron chi connectivity index (χ3n) is 4.84. The smallest absolute Gasteiger partial charge is 0.220 e. The Morgan fingerprint density at radius 2 is 1.86 bits per heavy atom. The number of carbonyl (C=O) groups is 1. The fourth-order valence-electron chi connectivity index (χ4n) is 3.49. The van der Waals surface area contributed by atoms with Gasteiger partial charge in [-0.15, -0.1) is 0 Å². The van der Waals surface area contributed by atoms with E-state index in [1.807, 2.05) is 0 Å². The molecule has 1 atom stereocenters. The van der Waals surface area contributed by atoms with Crippen molar-refractivity contribution >= 4 is 5.91 Å². The fraction of sp³-hybridized carbons (Fsp3) is 0.526. The molecule has 3 rings (SSSR count). The van der Waals surface area contributed by atoms with Gasteiger partial charge >= 0.3 is 0 Å². The zero-order valence-corrected chi connectivity index (χ0v) is 13.3. The molecule has 1 aromatic rings. The molecule has 0 spiro atoms. The van der Waals surface area contributed by atoms with Crippen molar-refractivity contribution in [2.24, 2.45) is 5.92 Å². The fourth-order valence-corrected chi connectivity index (χ4v) is 3.49. The van der Waals surface area contributed by atoms with Gasteiger partial charge in [-0.25, -0.2) is 0 Å². The molecule has 2 N–H and O–H groups in total. The number of benzene rings is 1. The minimum absolute atomic E-state index is 0.169. The van der Waals surface area contributed by atoms with E-state index in [1.54, 1.807) is 4.90 Å². The van der Waals surface area contributed by atoms with Crippen molar-refractivity contribution in [3.63, 3.8) is 0 Å². The molecule has 2 aliphatic rings. The number of amides is 1. The molecule has 1 aromatic carbocycles. The van der Waals surface area contributed by atoms with Crippen LogP contribution >= 0.6 is 0 Å². The number of nitrogens with one attached hydrogen (secondary N) is 2. The first kappa shape index (κ1) is 15.3. The van der Waals surface area contributed by atoms with E-state index in [9.17, 15) is 4.79 Å². The van der Waals surface area contributed by atoms with Crippen LogP contribution in [0.15, 0.2) is 36.4 Å². The maximum absolute atomic E-state index is 11.9. The number of quaternary nitrogens is 1. The molecule has 1 saturated heterocycles. The normalized spacial score (nSPS) is 21.4. The minimum Gasteiger partial charge on any atom is -0.352 e. The van der Waals surface area contributed by atoms with Gasteiger partial charge in [-0.05, 0) is 24.3 Å². The van der Waals surface area contributed by atoms with Crippen LogP contribution in [0.5, 0.6) is 0 Å². The van der Waals surface area contributed by atoms with Crippen molar-refractivity contribution in [3.8, 4) is 0 Å². The van der Waals surface area contributed by atoms with Gasteiger partial charge in [0.05, 0.1) is 13.1 Å². The molecule has 0 radical (unpaired) electrons. The summed E-state index contributed by atoms with van der Waals surface area (Å²) >= 11 is 0. The van der Waals surface area contributed by atoms with Crippen LogP contribution in [0.3, 0.4) is 0 Å². The highest BCUT2D eigenvalue weighted by atomic mass is 16.1. The topological polar surface area (TPSA) is 33.5 Å². The van der Waals surface area contributed by atoms with Gasteiger partial charge in [-0.3, -0.25) is 4.79 Å². The molecule has 1 heterocycles. The number of hydrogen-bond donors (Lipinski definition) is 2. The summed E-state index contributed by atoms with van der Waals surface area (Å²) in [5.41, 5.74) is 2.60. The molecule has 1 amide bonds. The quantitative estimate of drug-likeness (QED) is 0.772. The van der Waals surface area contributed by atoms with Gasteiger partial charge in [0.15, 0.2) is 0 Å². The van der Waals surface area contributed by atoms with E-state index < -0.39 is 0 Å². The van der Waals surface area contributed by atoms with Crippen LogP contribution in [0.4, 0.5) is 0 Å². The van der Waals surface area contributed by atoms with Crippen LogP contribution < -0.4 is 10.2 Å². The standard InChI is InChI=1S/C19H26N2O/c22-19(13-16-5-1-2-6-16)20-14-17-7-9-18(10-8-17)15-21-11-3-4-12-21/h1,5,7-10,16H,2-4,6,11-15H2,(H,20,22)/p+1/t16-/m1/s1. The summed E-state index contributed by atoms with van der Waals surface area (Å²) in [4.78, 5) is 13.6. The average Bonchev–Trinajstić information content (AvgIpc) is 3.20. The summed E-state index contributed by atoms with van der Waals surface area (Å²) in [6.45, 7) is 4.41. The summed E-state index contributed by atoms with van der Waals surface area (Å²) in [7, 11) is 0. The Labute approximate surface area is 133 Å². The van der Waals surface area contributed by atoms with Crippen LogP contribution in [0.1, 0.15) is 43.2 Å². The van der Waals surface area contributed by atoms with Crippen molar-refractivity contribution in [2.75, 3.05) is 13.1 Å². The maximum atomic E-state index is 11.9. The average molecular weight is 299 g/mol. The van der Waals surface area contributed by atoms with Crippen molar-refractivity contribution in [1.82, 2.24) is 5.32 Å². The highest BCUT2D eigenvalue weighted by Crippen LogP contribution is 2.20. The Morgan fingerprint density at radius 1 is 1.14 bits per heavy atom. The van der Waals surface area contributed by atoms with E-state index in [1.165, 1.54) is 37.1 Å². The molecular weight excluding hydrogens is 272 g/mol. The first-order valence-electron chi connectivity index (χ1n) is 8.64. The summed E-state index contributed by atoms with van der Waals surface area (Å²) in [6.07, 6.45) is 9.98. The second-order valence-electron chi connectivity index (χ2n) is 6.70. The lowest BCUT2D eigenvalue weighted by molar-refractivity contribution is -0.901. The van der Waals surface area contributed by atoms with E-state index in [0.29, 0.717) is 18.9 Å². The number of rotatable bonds is 6. The molecule has 3 heteroatoms. The van der Waals surface area contributed by atoms with Crippen molar-refractivity contribution in [3.05, 3.63) is 47.5 Å². The lowest BCUT2D eigenvalue weighted by atomic mass is 10.0. The van der Waals surface area contributed by atoms with Crippen LogP contribution in [0, 0.1) is 5.92 Å². The van der Waals surface area contributed by atoms with Crippen molar-refractivity contribution in [1.29, 1.82) is 0 Å². The van der Waals surface area contributed by atoms with E-state index in [0.717, 1.165) is 19.4 Å². The van der Waals surface area contributed by atoms with E-state index in [2.05, 4.69) is 41.7 Å². The lowest BCUT2D eigenvalue weighted by Crippen LogP contribution is -3.08. The molecule has 22 heavy (non-hydrogen) atoms. The zero-order valence-electron chi connectivity index (χ0n) is 13.3. The van der Waals surface area contributed by atoms with Crippen molar-refractivity contribution < 1.29 is 9.69 Å². The summed E-state index contributed by atoms with van der Waals surface area (Å²) in [6, 6.07) is 8.74. The summed E-state index contributed by atoms with van der Waals surface area (Å²) < 4.78 is 0. The Bertz CT molecular complexity index is 515. The monoisotopic (exact) mass is 299 g/mol. The van der Waals surface area contributed by atoms with Crippen LogP contribution in [-0.2, 0) is 17.9 Å². The number of carbonyl (C=O) groups excluding carboxylic acids is 1. The molecule has 0 aromatic heterocycles. The third-order valence-corrected chi connectivity index (χ3v) is 4.84. The molecule has 3 nitrogen and oxygen atoms in total. The Balaban J connectivity index is 1.42. The molecule has 1 aliphatic heterocycles. The molecule has 0 saturated carbocycles.